The number of nitrogens with zero attached hydrogens (tertiary/aromatic N) is 3. The van der Waals surface area contributed by atoms with Gasteiger partial charge >= 0.3 is 0 Å². The lowest BCUT2D eigenvalue weighted by atomic mass is 9.91. The number of benzene rings is 1. The van der Waals surface area contributed by atoms with Gasteiger partial charge in [0.25, 0.3) is 5.91 Å². The van der Waals surface area contributed by atoms with Crippen LogP contribution in [0.15, 0.2) is 36.5 Å². The molecule has 2 aromatic rings. The fraction of sp³-hybridized carbons (Fsp3) is 0.500. The monoisotopic (exact) mass is 407 g/mol. The van der Waals surface area contributed by atoms with Crippen molar-refractivity contribution in [1.82, 2.24) is 14.8 Å². The summed E-state index contributed by atoms with van der Waals surface area (Å²) in [7, 11) is 0. The summed E-state index contributed by atoms with van der Waals surface area (Å²) in [6.45, 7) is 4.72. The van der Waals surface area contributed by atoms with Crippen molar-refractivity contribution < 1.29 is 14.3 Å². The van der Waals surface area contributed by atoms with Gasteiger partial charge in [0, 0.05) is 50.0 Å². The molecule has 1 aromatic heterocycles. The number of hydrogen-bond donors (Lipinski definition) is 0. The largest absolute Gasteiger partial charge is 0.439 e. The Morgan fingerprint density at radius 3 is 2.57 bits per heavy atom. The van der Waals surface area contributed by atoms with Crippen LogP contribution in [0.4, 0.5) is 0 Å². The number of ether oxygens (including phenoxy) is 2. The number of hydrogen-bond acceptors (Lipinski definition) is 5. The van der Waals surface area contributed by atoms with Crippen LogP contribution in [0, 0.1) is 0 Å². The summed E-state index contributed by atoms with van der Waals surface area (Å²) in [5.41, 5.74) is 3.40. The van der Waals surface area contributed by atoms with E-state index in [0.717, 1.165) is 37.7 Å². The van der Waals surface area contributed by atoms with Crippen molar-refractivity contribution in [2.24, 2.45) is 0 Å². The zero-order valence-corrected chi connectivity index (χ0v) is 17.4. The number of pyridine rings is 1. The van der Waals surface area contributed by atoms with E-state index in [-0.39, 0.29) is 5.91 Å². The van der Waals surface area contributed by atoms with E-state index in [1.807, 2.05) is 11.0 Å². The second kappa shape index (κ2) is 8.74. The van der Waals surface area contributed by atoms with Crippen LogP contribution in [0.2, 0.25) is 0 Å². The molecule has 2 fully saturated rings. The first kappa shape index (κ1) is 19.5. The lowest BCUT2D eigenvalue weighted by Gasteiger charge is -2.36. The van der Waals surface area contributed by atoms with E-state index in [9.17, 15) is 4.79 Å². The predicted molar refractivity (Wildman–Crippen MR) is 114 cm³/mol. The Kier molecular flexibility index (Phi) is 5.69. The average molecular weight is 408 g/mol. The molecule has 1 saturated heterocycles. The maximum atomic E-state index is 12.7. The van der Waals surface area contributed by atoms with Gasteiger partial charge in [-0.3, -0.25) is 9.69 Å². The molecule has 0 N–H and O–H groups in total. The summed E-state index contributed by atoms with van der Waals surface area (Å²) in [6, 6.07) is 10.6. The van der Waals surface area contributed by atoms with E-state index in [2.05, 4.69) is 22.0 Å². The molecule has 0 unspecified atom stereocenters. The number of morpholine rings is 1. The summed E-state index contributed by atoms with van der Waals surface area (Å²) in [5, 5.41) is 0. The number of carbonyl (C=O) groups is 1. The minimum absolute atomic E-state index is 0.00330. The Bertz CT molecular complexity index is 906. The molecule has 1 aliphatic carbocycles. The van der Waals surface area contributed by atoms with Gasteiger partial charge in [0.15, 0.2) is 0 Å². The normalized spacial score (nSPS) is 20.2. The molecule has 0 bridgehead atoms. The molecule has 0 atom stereocenters. The van der Waals surface area contributed by atoms with E-state index in [0.29, 0.717) is 37.7 Å². The second-order valence-electron chi connectivity index (χ2n) is 8.44. The molecule has 30 heavy (non-hydrogen) atoms. The Morgan fingerprint density at radius 2 is 1.80 bits per heavy atom. The fourth-order valence-corrected chi connectivity index (χ4v) is 4.57. The number of amides is 1. The number of carbonyl (C=O) groups excluding carboxylic acids is 1. The molecule has 2 aliphatic heterocycles. The average Bonchev–Trinajstić information content (AvgIpc) is 2.95. The highest BCUT2D eigenvalue weighted by Crippen LogP contribution is 2.29. The molecule has 3 heterocycles. The highest BCUT2D eigenvalue weighted by molar-refractivity contribution is 5.94. The SMILES string of the molecule is O=C(c1ccnc(Oc2ccc3c(c2)CCN(C2CCC2)CC3)c1)N1CCOCC1. The van der Waals surface area contributed by atoms with Crippen LogP contribution in [0.1, 0.15) is 40.7 Å². The van der Waals surface area contributed by atoms with E-state index < -0.39 is 0 Å². The smallest absolute Gasteiger partial charge is 0.254 e. The van der Waals surface area contributed by atoms with Gasteiger partial charge in [0.05, 0.1) is 13.2 Å². The molecule has 6 nitrogen and oxygen atoms in total. The van der Waals surface area contributed by atoms with Crippen LogP contribution in [0.3, 0.4) is 0 Å². The van der Waals surface area contributed by atoms with Crippen molar-refractivity contribution in [2.45, 2.75) is 38.1 Å². The van der Waals surface area contributed by atoms with Crippen LogP contribution in [-0.4, -0.2) is 66.1 Å². The van der Waals surface area contributed by atoms with Crippen LogP contribution < -0.4 is 4.74 Å². The predicted octanol–water partition coefficient (Wildman–Crippen LogP) is 3.30. The third-order valence-electron chi connectivity index (χ3n) is 6.61. The van der Waals surface area contributed by atoms with Gasteiger partial charge in [-0.25, -0.2) is 4.98 Å². The third-order valence-corrected chi connectivity index (χ3v) is 6.61. The first-order valence-corrected chi connectivity index (χ1v) is 11.1. The van der Waals surface area contributed by atoms with Crippen molar-refractivity contribution >= 4 is 5.91 Å². The lowest BCUT2D eigenvalue weighted by Crippen LogP contribution is -2.41. The van der Waals surface area contributed by atoms with E-state index in [1.54, 1.807) is 18.3 Å². The van der Waals surface area contributed by atoms with Gasteiger partial charge in [-0.15, -0.1) is 0 Å². The highest BCUT2D eigenvalue weighted by atomic mass is 16.5. The Balaban J connectivity index is 1.27. The molecular formula is C24H29N3O3. The quantitative estimate of drug-likeness (QED) is 0.778. The van der Waals surface area contributed by atoms with Gasteiger partial charge in [0.1, 0.15) is 5.75 Å². The topological polar surface area (TPSA) is 54.9 Å². The van der Waals surface area contributed by atoms with E-state index >= 15 is 0 Å². The first-order chi connectivity index (χ1) is 14.8. The summed E-state index contributed by atoms with van der Waals surface area (Å²) < 4.78 is 11.4. The van der Waals surface area contributed by atoms with Crippen molar-refractivity contribution in [3.8, 4) is 11.6 Å². The van der Waals surface area contributed by atoms with Crippen molar-refractivity contribution in [1.29, 1.82) is 0 Å². The fourth-order valence-electron chi connectivity index (χ4n) is 4.57. The molecule has 6 heteroatoms. The molecule has 0 spiro atoms. The molecular weight excluding hydrogens is 378 g/mol. The van der Waals surface area contributed by atoms with Gasteiger partial charge < -0.3 is 14.4 Å². The molecule has 1 saturated carbocycles. The Hall–Kier alpha value is -2.44. The standard InChI is InChI=1S/C24H29N3O3/c28-24(27-12-14-29-15-13-27)20-6-9-25-23(17-20)30-22-5-4-18-7-10-26(21-2-1-3-21)11-8-19(18)16-22/h4-6,9,16-17,21H,1-3,7-8,10-15H2. The lowest BCUT2D eigenvalue weighted by molar-refractivity contribution is 0.0302. The van der Waals surface area contributed by atoms with Crippen LogP contribution in [0.5, 0.6) is 11.6 Å². The highest BCUT2D eigenvalue weighted by Gasteiger charge is 2.26. The summed E-state index contributed by atoms with van der Waals surface area (Å²) in [6.07, 6.45) is 7.90. The summed E-state index contributed by atoms with van der Waals surface area (Å²) in [5.74, 6) is 1.25. The van der Waals surface area contributed by atoms with E-state index in [1.165, 1.54) is 30.4 Å². The molecule has 5 rings (SSSR count). The number of aromatic nitrogens is 1. The Labute approximate surface area is 177 Å². The first-order valence-electron chi connectivity index (χ1n) is 11.1. The molecule has 0 radical (unpaired) electrons. The van der Waals surface area contributed by atoms with Gasteiger partial charge in [0.2, 0.25) is 5.88 Å². The van der Waals surface area contributed by atoms with E-state index in [4.69, 9.17) is 9.47 Å². The Morgan fingerprint density at radius 1 is 1.00 bits per heavy atom. The van der Waals surface area contributed by atoms with Crippen LogP contribution in [-0.2, 0) is 17.6 Å². The second-order valence-corrected chi connectivity index (χ2v) is 8.44. The van der Waals surface area contributed by atoms with Gasteiger partial charge in [-0.1, -0.05) is 12.5 Å². The third kappa shape index (κ3) is 4.20. The maximum absolute atomic E-state index is 12.7. The summed E-state index contributed by atoms with van der Waals surface area (Å²) in [4.78, 5) is 21.5. The van der Waals surface area contributed by atoms with Crippen molar-refractivity contribution in [3.05, 3.63) is 53.2 Å². The number of fused-ring (bicyclic) bond motifs is 1. The molecule has 3 aliphatic rings. The maximum Gasteiger partial charge on any atom is 0.254 e. The minimum atomic E-state index is 0.00330. The minimum Gasteiger partial charge on any atom is -0.439 e. The zero-order valence-electron chi connectivity index (χ0n) is 17.4. The summed E-state index contributed by atoms with van der Waals surface area (Å²) >= 11 is 0. The van der Waals surface area contributed by atoms with Crippen molar-refractivity contribution in [2.75, 3.05) is 39.4 Å². The van der Waals surface area contributed by atoms with Crippen LogP contribution >= 0.6 is 0 Å². The molecule has 1 amide bonds. The van der Waals surface area contributed by atoms with Crippen LogP contribution in [0.25, 0.3) is 0 Å². The van der Waals surface area contributed by atoms with Gasteiger partial charge in [-0.05, 0) is 55.0 Å². The molecule has 158 valence electrons. The van der Waals surface area contributed by atoms with Gasteiger partial charge in [-0.2, -0.15) is 0 Å². The zero-order chi connectivity index (χ0) is 20.3. The number of rotatable bonds is 4. The molecule has 1 aromatic carbocycles. The van der Waals surface area contributed by atoms with Crippen molar-refractivity contribution in [3.63, 3.8) is 0 Å².